The van der Waals surface area contributed by atoms with Crippen LogP contribution in [0.5, 0.6) is 5.75 Å². The molecule has 0 spiro atoms. The highest BCUT2D eigenvalue weighted by atomic mass is 32.1. The van der Waals surface area contributed by atoms with Crippen LogP contribution in [0.4, 0.5) is 5.13 Å². The molecule has 0 fully saturated rings. The maximum absolute atomic E-state index is 11.9. The second-order valence-electron chi connectivity index (χ2n) is 5.37. The number of hydrogen-bond acceptors (Lipinski definition) is 6. The topological polar surface area (TPSA) is 111 Å². The third-order valence-electron chi connectivity index (χ3n) is 3.53. The first-order valence-corrected chi connectivity index (χ1v) is 8.21. The van der Waals surface area contributed by atoms with Gasteiger partial charge < -0.3 is 10.5 Å². The van der Waals surface area contributed by atoms with Crippen molar-refractivity contribution < 1.29 is 19.1 Å². The van der Waals surface area contributed by atoms with Gasteiger partial charge in [0.05, 0.1) is 12.1 Å². The molecule has 0 unspecified atom stereocenters. The minimum atomic E-state index is -0.479. The first kappa shape index (κ1) is 16.1. The van der Waals surface area contributed by atoms with Gasteiger partial charge in [-0.2, -0.15) is 0 Å². The molecule has 7 nitrogen and oxygen atoms in total. The number of nitrogens with one attached hydrogen (secondary N) is 1. The van der Waals surface area contributed by atoms with Crippen LogP contribution in [-0.4, -0.2) is 29.2 Å². The monoisotopic (exact) mass is 345 g/mol. The van der Waals surface area contributed by atoms with Crippen LogP contribution in [-0.2, 0) is 22.4 Å². The number of nitrogens with two attached hydrogens (primary N) is 1. The average Bonchev–Trinajstić information content (AvgIpc) is 3.12. The number of carbonyl (C=O) groups excluding carboxylic acids is 3. The van der Waals surface area contributed by atoms with Crippen molar-refractivity contribution in [2.75, 3.05) is 11.9 Å². The van der Waals surface area contributed by atoms with E-state index in [1.807, 2.05) is 6.07 Å². The van der Waals surface area contributed by atoms with Gasteiger partial charge in [0.15, 0.2) is 17.5 Å². The summed E-state index contributed by atoms with van der Waals surface area (Å²) in [6.07, 6.45) is 1.32. The number of primary amides is 1. The SMILES string of the molecule is NC(=O)Cc1csc(NC(=O)COc2ccc3c(c2)C(=O)CC3)n1. The summed E-state index contributed by atoms with van der Waals surface area (Å²) in [6.45, 7) is -0.197. The van der Waals surface area contributed by atoms with E-state index in [1.165, 1.54) is 11.3 Å². The molecule has 1 aromatic carbocycles. The van der Waals surface area contributed by atoms with E-state index >= 15 is 0 Å². The van der Waals surface area contributed by atoms with Gasteiger partial charge in [-0.3, -0.25) is 19.7 Å². The third-order valence-corrected chi connectivity index (χ3v) is 4.33. The summed E-state index contributed by atoms with van der Waals surface area (Å²) < 4.78 is 5.42. The van der Waals surface area contributed by atoms with E-state index < -0.39 is 5.91 Å². The van der Waals surface area contributed by atoms with Gasteiger partial charge in [0.1, 0.15) is 5.75 Å². The highest BCUT2D eigenvalue weighted by Crippen LogP contribution is 2.26. The van der Waals surface area contributed by atoms with Crippen LogP contribution in [0.2, 0.25) is 0 Å². The molecule has 1 aromatic heterocycles. The normalized spacial score (nSPS) is 12.8. The number of aryl methyl sites for hydroxylation is 1. The molecule has 0 aliphatic heterocycles. The van der Waals surface area contributed by atoms with Gasteiger partial charge in [-0.15, -0.1) is 11.3 Å². The molecule has 1 aliphatic rings. The van der Waals surface area contributed by atoms with Crippen LogP contribution in [0.15, 0.2) is 23.6 Å². The summed E-state index contributed by atoms with van der Waals surface area (Å²) >= 11 is 1.21. The van der Waals surface area contributed by atoms with Crippen molar-refractivity contribution in [1.82, 2.24) is 4.98 Å². The number of nitrogens with zero attached hydrogens (tertiary/aromatic N) is 1. The molecule has 0 atom stereocenters. The van der Waals surface area contributed by atoms with Crippen LogP contribution < -0.4 is 15.8 Å². The molecular formula is C16H15N3O4S. The molecule has 8 heteroatoms. The molecule has 3 N–H and O–H groups in total. The first-order valence-electron chi connectivity index (χ1n) is 7.33. The van der Waals surface area contributed by atoms with Gasteiger partial charge in [-0.05, 0) is 24.1 Å². The Morgan fingerprint density at radius 2 is 2.17 bits per heavy atom. The van der Waals surface area contributed by atoms with E-state index in [4.69, 9.17) is 10.5 Å². The number of anilines is 1. The fourth-order valence-electron chi connectivity index (χ4n) is 2.43. The highest BCUT2D eigenvalue weighted by molar-refractivity contribution is 7.13. The fraction of sp³-hybridized carbons (Fsp3) is 0.250. The van der Waals surface area contributed by atoms with Crippen LogP contribution >= 0.6 is 11.3 Å². The van der Waals surface area contributed by atoms with Gasteiger partial charge in [0, 0.05) is 17.4 Å². The Kier molecular flexibility index (Phi) is 4.57. The number of hydrogen-bond donors (Lipinski definition) is 2. The highest BCUT2D eigenvalue weighted by Gasteiger charge is 2.20. The number of fused-ring (bicyclic) bond motifs is 1. The minimum Gasteiger partial charge on any atom is -0.484 e. The lowest BCUT2D eigenvalue weighted by molar-refractivity contribution is -0.118. The Bertz CT molecular complexity index is 815. The molecule has 1 heterocycles. The molecule has 2 amide bonds. The summed E-state index contributed by atoms with van der Waals surface area (Å²) in [5.74, 6) is -0.271. The smallest absolute Gasteiger partial charge is 0.264 e. The van der Waals surface area contributed by atoms with Gasteiger partial charge in [0.2, 0.25) is 5.91 Å². The number of amides is 2. The zero-order valence-corrected chi connectivity index (χ0v) is 13.5. The average molecular weight is 345 g/mol. The maximum atomic E-state index is 11.9. The quantitative estimate of drug-likeness (QED) is 0.820. The Hall–Kier alpha value is -2.74. The second-order valence-corrected chi connectivity index (χ2v) is 6.22. The molecule has 124 valence electrons. The minimum absolute atomic E-state index is 0.0338. The molecule has 0 saturated carbocycles. The zero-order valence-electron chi connectivity index (χ0n) is 12.7. The lowest BCUT2D eigenvalue weighted by Crippen LogP contribution is -2.20. The van der Waals surface area contributed by atoms with E-state index in [9.17, 15) is 14.4 Å². The Morgan fingerprint density at radius 3 is 2.96 bits per heavy atom. The molecule has 1 aliphatic carbocycles. The number of thiazole rings is 1. The molecule has 2 aromatic rings. The van der Waals surface area contributed by atoms with Crippen molar-refractivity contribution in [3.8, 4) is 5.75 Å². The van der Waals surface area contributed by atoms with Crippen molar-refractivity contribution in [2.24, 2.45) is 5.73 Å². The Balaban J connectivity index is 1.54. The molecular weight excluding hydrogens is 330 g/mol. The molecule has 0 saturated heterocycles. The number of benzene rings is 1. The Morgan fingerprint density at radius 1 is 1.33 bits per heavy atom. The van der Waals surface area contributed by atoms with E-state index in [0.29, 0.717) is 28.6 Å². The Labute approximate surface area is 141 Å². The number of carbonyl (C=O) groups is 3. The fourth-order valence-corrected chi connectivity index (χ4v) is 3.16. The van der Waals surface area contributed by atoms with Crippen LogP contribution in [0.3, 0.4) is 0 Å². The predicted molar refractivity (Wildman–Crippen MR) is 88.2 cm³/mol. The largest absolute Gasteiger partial charge is 0.484 e. The molecule has 3 rings (SSSR count). The maximum Gasteiger partial charge on any atom is 0.264 e. The van der Waals surface area contributed by atoms with E-state index in [1.54, 1.807) is 17.5 Å². The van der Waals surface area contributed by atoms with Gasteiger partial charge in [-0.1, -0.05) is 6.07 Å². The second kappa shape index (κ2) is 6.79. The van der Waals surface area contributed by atoms with Crippen molar-refractivity contribution in [3.05, 3.63) is 40.4 Å². The van der Waals surface area contributed by atoms with Crippen molar-refractivity contribution in [2.45, 2.75) is 19.3 Å². The van der Waals surface area contributed by atoms with Crippen molar-refractivity contribution >= 4 is 34.1 Å². The lowest BCUT2D eigenvalue weighted by Gasteiger charge is -2.07. The van der Waals surface area contributed by atoms with Crippen LogP contribution in [0.1, 0.15) is 28.0 Å². The number of Topliss-reactive ketones (excluding diaryl/α,β-unsaturated/α-hetero) is 1. The molecule has 0 bridgehead atoms. The molecule has 0 radical (unpaired) electrons. The van der Waals surface area contributed by atoms with E-state index in [2.05, 4.69) is 10.3 Å². The summed E-state index contributed by atoms with van der Waals surface area (Å²) in [7, 11) is 0. The summed E-state index contributed by atoms with van der Waals surface area (Å²) in [6, 6.07) is 5.27. The number of aromatic nitrogens is 1. The first-order chi connectivity index (χ1) is 11.5. The standard InChI is InChI=1S/C16H15N3O4S/c17-14(21)5-10-8-24-16(18-10)19-15(22)7-23-11-3-1-9-2-4-13(20)12(9)6-11/h1,3,6,8H,2,4-5,7H2,(H2,17,21)(H,18,19,22). The van der Waals surface area contributed by atoms with Gasteiger partial charge >= 0.3 is 0 Å². The predicted octanol–water partition coefficient (Wildman–Crippen LogP) is 1.32. The van der Waals surface area contributed by atoms with Gasteiger partial charge in [0.25, 0.3) is 5.91 Å². The summed E-state index contributed by atoms with van der Waals surface area (Å²) in [4.78, 5) is 38.5. The van der Waals surface area contributed by atoms with Crippen molar-refractivity contribution in [1.29, 1.82) is 0 Å². The van der Waals surface area contributed by atoms with Crippen molar-refractivity contribution in [3.63, 3.8) is 0 Å². The van der Waals surface area contributed by atoms with E-state index in [0.717, 1.165) is 12.0 Å². The van der Waals surface area contributed by atoms with Crippen LogP contribution in [0, 0.1) is 0 Å². The summed E-state index contributed by atoms with van der Waals surface area (Å²) in [5.41, 5.74) is 7.29. The summed E-state index contributed by atoms with van der Waals surface area (Å²) in [5, 5.41) is 4.63. The number of ether oxygens (including phenoxy) is 1. The van der Waals surface area contributed by atoms with E-state index in [-0.39, 0.29) is 24.7 Å². The lowest BCUT2D eigenvalue weighted by atomic mass is 10.1. The van der Waals surface area contributed by atoms with Crippen LogP contribution in [0.25, 0.3) is 0 Å². The number of rotatable bonds is 6. The zero-order chi connectivity index (χ0) is 17.1. The number of ketones is 1. The van der Waals surface area contributed by atoms with Gasteiger partial charge in [-0.25, -0.2) is 4.98 Å². The third kappa shape index (κ3) is 3.77. The molecule has 24 heavy (non-hydrogen) atoms.